The summed E-state index contributed by atoms with van der Waals surface area (Å²) in [6.07, 6.45) is 22.5. The second kappa shape index (κ2) is 11.0. The summed E-state index contributed by atoms with van der Waals surface area (Å²) in [4.78, 5) is 0. The predicted octanol–water partition coefficient (Wildman–Crippen LogP) is 9.14. The maximum atomic E-state index is 6.19. The van der Waals surface area contributed by atoms with Crippen LogP contribution >= 0.6 is 24.0 Å². The van der Waals surface area contributed by atoms with Crippen molar-refractivity contribution in [2.24, 2.45) is 52.3 Å². The number of hydrogen-bond donors (Lipinski definition) is 0. The van der Waals surface area contributed by atoms with Gasteiger partial charge in [0, 0.05) is 0 Å². The van der Waals surface area contributed by atoms with Crippen LogP contribution in [0, 0.1) is 64.6 Å². The summed E-state index contributed by atoms with van der Waals surface area (Å²) >= 11 is 6.96. The molecule has 34 heavy (non-hydrogen) atoms. The summed E-state index contributed by atoms with van der Waals surface area (Å²) in [6.45, 7) is 12.7. The topological polar surface area (TPSA) is 9.23 Å². The first-order valence-corrected chi connectivity index (χ1v) is 15.8. The molecule has 1 nitrogen and oxygen atoms in total. The van der Waals surface area contributed by atoms with Gasteiger partial charge in [0.1, 0.15) is 6.10 Å². The van der Waals surface area contributed by atoms with E-state index in [1.165, 1.54) is 88.8 Å². The minimum Gasteiger partial charge on any atom is -0.475 e. The summed E-state index contributed by atoms with van der Waals surface area (Å²) in [6, 6.07) is 0. The summed E-state index contributed by atoms with van der Waals surface area (Å²) in [5.41, 5.74) is 1.11. The minimum atomic E-state index is 0.309. The van der Waals surface area contributed by atoms with Crippen LogP contribution in [-0.2, 0) is 4.74 Å². The number of thiocarbonyl (C=S) groups is 1. The first kappa shape index (κ1) is 26.9. The Balaban J connectivity index is 1.38. The Morgan fingerprint density at radius 1 is 1.00 bits per heavy atom. The third-order valence-electron chi connectivity index (χ3n) is 11.4. The van der Waals surface area contributed by atoms with Gasteiger partial charge in [-0.15, -0.1) is 6.42 Å². The molecule has 0 spiro atoms. The van der Waals surface area contributed by atoms with Crippen LogP contribution in [0.3, 0.4) is 0 Å². The van der Waals surface area contributed by atoms with Gasteiger partial charge in [0.15, 0.2) is 0 Å². The van der Waals surface area contributed by atoms with Crippen LogP contribution in [0.25, 0.3) is 0 Å². The minimum absolute atomic E-state index is 0.309. The monoisotopic (exact) mass is 502 g/mol. The van der Waals surface area contributed by atoms with Crippen LogP contribution in [0.1, 0.15) is 112 Å². The lowest BCUT2D eigenvalue weighted by Crippen LogP contribution is -2.54. The van der Waals surface area contributed by atoms with Gasteiger partial charge in [-0.3, -0.25) is 0 Å². The van der Waals surface area contributed by atoms with Crippen LogP contribution in [0.15, 0.2) is 0 Å². The molecule has 3 heteroatoms. The van der Waals surface area contributed by atoms with Gasteiger partial charge in [-0.1, -0.05) is 71.6 Å². The SMILES string of the molecule is C#CCSC(=S)OC1CC[C@@]2(C)C(CCC3C2CC[C@@]2(C)C3CC[C@@H]2[C@H](C)CCCC(C)C)C1. The predicted molar refractivity (Wildman–Crippen MR) is 152 cm³/mol. The lowest BCUT2D eigenvalue weighted by molar-refractivity contribution is -0.127. The van der Waals surface area contributed by atoms with Crippen LogP contribution in [0.5, 0.6) is 0 Å². The third kappa shape index (κ3) is 5.25. The first-order valence-electron chi connectivity index (χ1n) is 14.5. The molecule has 0 radical (unpaired) electrons. The van der Waals surface area contributed by atoms with E-state index in [2.05, 4.69) is 40.5 Å². The van der Waals surface area contributed by atoms with Crippen LogP contribution in [0.4, 0.5) is 0 Å². The average Bonchev–Trinajstić information content (AvgIpc) is 3.15. The van der Waals surface area contributed by atoms with Crippen molar-refractivity contribution < 1.29 is 4.74 Å². The van der Waals surface area contributed by atoms with Gasteiger partial charge in [-0.05, 0) is 122 Å². The summed E-state index contributed by atoms with van der Waals surface area (Å²) in [5, 5.41) is 0. The Labute approximate surface area is 220 Å². The number of fused-ring (bicyclic) bond motifs is 5. The van der Waals surface area contributed by atoms with Gasteiger partial charge < -0.3 is 4.74 Å². The number of hydrogen-bond acceptors (Lipinski definition) is 3. The van der Waals surface area contributed by atoms with Crippen molar-refractivity contribution in [3.05, 3.63) is 0 Å². The second-order valence-electron chi connectivity index (χ2n) is 13.4. The zero-order chi connectivity index (χ0) is 24.5. The summed E-state index contributed by atoms with van der Waals surface area (Å²) in [7, 11) is 0. The highest BCUT2D eigenvalue weighted by molar-refractivity contribution is 8.22. The molecule has 4 rings (SSSR count). The molecule has 5 unspecified atom stereocenters. The number of rotatable bonds is 7. The summed E-state index contributed by atoms with van der Waals surface area (Å²) in [5.74, 6) is 9.68. The molecule has 4 aliphatic carbocycles. The molecule has 0 N–H and O–H groups in total. The molecule has 4 saturated carbocycles. The number of thioether (sulfide) groups is 1. The lowest BCUT2D eigenvalue weighted by atomic mass is 9.44. The van der Waals surface area contributed by atoms with Gasteiger partial charge in [-0.25, -0.2) is 0 Å². The fourth-order valence-electron chi connectivity index (χ4n) is 9.62. The molecule has 0 heterocycles. The Bertz CT molecular complexity index is 755. The van der Waals surface area contributed by atoms with Crippen molar-refractivity contribution in [3.8, 4) is 12.3 Å². The van der Waals surface area contributed by atoms with Gasteiger partial charge in [0.2, 0.25) is 4.38 Å². The van der Waals surface area contributed by atoms with E-state index in [4.69, 9.17) is 23.4 Å². The van der Waals surface area contributed by atoms with Crippen molar-refractivity contribution in [2.75, 3.05) is 5.75 Å². The second-order valence-corrected chi connectivity index (χ2v) is 15.0. The molecule has 0 bridgehead atoms. The fraction of sp³-hybridized carbons (Fsp3) is 0.903. The molecule has 9 atom stereocenters. The van der Waals surface area contributed by atoms with E-state index in [1.807, 2.05) is 0 Å². The molecule has 0 aromatic rings. The fourth-order valence-corrected chi connectivity index (χ4v) is 10.3. The highest BCUT2D eigenvalue weighted by Crippen LogP contribution is 2.68. The molecule has 0 aliphatic heterocycles. The standard InChI is InChI=1S/C31H50OS2/c1-7-19-34-29(33)32-24-15-17-30(5)23(20-24)11-12-25-27-14-13-26(22(4)10-8-9-21(2)3)31(27,6)18-16-28(25)30/h1,21-28H,8-20H2,2-6H3/t22-,23?,24?,25?,26-,27?,28?,30+,31-/m1/s1. The van der Waals surface area contributed by atoms with E-state index in [0.717, 1.165) is 41.4 Å². The van der Waals surface area contributed by atoms with Crippen molar-refractivity contribution in [3.63, 3.8) is 0 Å². The largest absolute Gasteiger partial charge is 0.475 e. The molecule has 4 aliphatic rings. The zero-order valence-corrected chi connectivity index (χ0v) is 24.2. The number of ether oxygens (including phenoxy) is 1. The molecule has 0 saturated heterocycles. The van der Waals surface area contributed by atoms with Gasteiger partial charge in [-0.2, -0.15) is 0 Å². The molecule has 192 valence electrons. The highest BCUT2D eigenvalue weighted by atomic mass is 32.2. The molecule has 0 aromatic carbocycles. The van der Waals surface area contributed by atoms with Crippen LogP contribution in [0.2, 0.25) is 0 Å². The lowest BCUT2D eigenvalue weighted by Gasteiger charge is -2.61. The quantitative estimate of drug-likeness (QED) is 0.254. The molecular formula is C31H50OS2. The normalized spacial score (nSPS) is 42.3. The smallest absolute Gasteiger partial charge is 0.221 e. The summed E-state index contributed by atoms with van der Waals surface area (Å²) < 4.78 is 6.86. The third-order valence-corrected chi connectivity index (χ3v) is 12.4. The molecule has 0 aromatic heterocycles. The van der Waals surface area contributed by atoms with Gasteiger partial charge in [0.05, 0.1) is 5.75 Å². The van der Waals surface area contributed by atoms with E-state index in [9.17, 15) is 0 Å². The van der Waals surface area contributed by atoms with E-state index >= 15 is 0 Å². The zero-order valence-electron chi connectivity index (χ0n) is 22.6. The van der Waals surface area contributed by atoms with E-state index in [0.29, 0.717) is 27.1 Å². The van der Waals surface area contributed by atoms with Crippen molar-refractivity contribution in [1.82, 2.24) is 0 Å². The van der Waals surface area contributed by atoms with Gasteiger partial charge >= 0.3 is 0 Å². The molecule has 4 fully saturated rings. The first-order chi connectivity index (χ1) is 16.2. The molecule has 0 amide bonds. The highest BCUT2D eigenvalue weighted by Gasteiger charge is 2.60. The maximum Gasteiger partial charge on any atom is 0.221 e. The van der Waals surface area contributed by atoms with Crippen molar-refractivity contribution in [2.45, 2.75) is 118 Å². The number of terminal acetylenes is 1. The Morgan fingerprint density at radius 2 is 1.74 bits per heavy atom. The Hall–Kier alpha value is -0.200. The van der Waals surface area contributed by atoms with Gasteiger partial charge in [0.25, 0.3) is 0 Å². The van der Waals surface area contributed by atoms with Crippen LogP contribution in [-0.4, -0.2) is 16.2 Å². The van der Waals surface area contributed by atoms with Crippen LogP contribution < -0.4 is 0 Å². The maximum absolute atomic E-state index is 6.19. The molecular weight excluding hydrogens is 452 g/mol. The van der Waals surface area contributed by atoms with Crippen molar-refractivity contribution >= 4 is 28.4 Å². The Morgan fingerprint density at radius 3 is 2.47 bits per heavy atom. The average molecular weight is 503 g/mol. The van der Waals surface area contributed by atoms with E-state index in [-0.39, 0.29) is 0 Å². The Kier molecular flexibility index (Phi) is 8.72. The van der Waals surface area contributed by atoms with E-state index in [1.54, 1.807) is 0 Å². The van der Waals surface area contributed by atoms with Crippen molar-refractivity contribution in [1.29, 1.82) is 0 Å². The van der Waals surface area contributed by atoms with E-state index < -0.39 is 0 Å².